The second-order valence-electron chi connectivity index (χ2n) is 3.60. The van der Waals surface area contributed by atoms with Gasteiger partial charge in [-0.3, -0.25) is 4.79 Å². The topological polar surface area (TPSA) is 41.1 Å². The van der Waals surface area contributed by atoms with Crippen LogP contribution < -0.4 is 10.6 Å². The third-order valence-corrected chi connectivity index (χ3v) is 4.20. The van der Waals surface area contributed by atoms with Gasteiger partial charge >= 0.3 is 0 Å². The minimum Gasteiger partial charge on any atom is -0.351 e. The van der Waals surface area contributed by atoms with Crippen LogP contribution in [0.1, 0.15) is 24.2 Å². The predicted molar refractivity (Wildman–Crippen MR) is 75.2 cm³/mol. The standard InChI is InChI=1S/C10H14Br2N2OS/c1-6(2)13-3-4-14-10(15)7-5-8(11)16-9(7)12/h5-6,13H,3-4H2,1-2H3,(H,14,15). The highest BCUT2D eigenvalue weighted by Crippen LogP contribution is 2.31. The van der Waals surface area contributed by atoms with Crippen LogP contribution >= 0.6 is 43.2 Å². The first-order valence-corrected chi connectivity index (χ1v) is 7.37. The Kier molecular flexibility index (Phi) is 5.96. The van der Waals surface area contributed by atoms with E-state index in [0.717, 1.165) is 14.1 Å². The van der Waals surface area contributed by atoms with Crippen LogP contribution in [0.2, 0.25) is 0 Å². The maximum Gasteiger partial charge on any atom is 0.253 e. The lowest BCUT2D eigenvalue weighted by molar-refractivity contribution is 0.0953. The van der Waals surface area contributed by atoms with Crippen LogP contribution in [0.4, 0.5) is 0 Å². The number of carbonyl (C=O) groups excluding carboxylic acids is 1. The first kappa shape index (κ1) is 14.2. The second kappa shape index (κ2) is 6.74. The minimum atomic E-state index is -0.0422. The van der Waals surface area contributed by atoms with Crippen molar-refractivity contribution in [2.24, 2.45) is 0 Å². The minimum absolute atomic E-state index is 0.0422. The molecular weight excluding hydrogens is 356 g/mol. The molecule has 6 heteroatoms. The zero-order chi connectivity index (χ0) is 12.1. The summed E-state index contributed by atoms with van der Waals surface area (Å²) in [5.74, 6) is -0.0422. The highest BCUT2D eigenvalue weighted by molar-refractivity contribution is 9.12. The van der Waals surface area contributed by atoms with Crippen molar-refractivity contribution in [1.82, 2.24) is 10.6 Å². The molecule has 0 saturated carbocycles. The molecular formula is C10H14Br2N2OS. The SMILES string of the molecule is CC(C)NCCNC(=O)c1cc(Br)sc1Br. The average Bonchev–Trinajstić information content (AvgIpc) is 2.52. The van der Waals surface area contributed by atoms with Crippen molar-refractivity contribution in [2.45, 2.75) is 19.9 Å². The van der Waals surface area contributed by atoms with E-state index in [1.54, 1.807) is 0 Å². The third-order valence-electron chi connectivity index (χ3n) is 1.86. The van der Waals surface area contributed by atoms with Gasteiger partial charge in [0, 0.05) is 19.1 Å². The molecule has 0 aliphatic carbocycles. The van der Waals surface area contributed by atoms with Crippen LogP contribution in [0.25, 0.3) is 0 Å². The molecule has 2 N–H and O–H groups in total. The fourth-order valence-electron chi connectivity index (χ4n) is 1.13. The van der Waals surface area contributed by atoms with Gasteiger partial charge in [0.05, 0.1) is 13.1 Å². The fraction of sp³-hybridized carbons (Fsp3) is 0.500. The van der Waals surface area contributed by atoms with Crippen LogP contribution in [0, 0.1) is 0 Å². The number of rotatable bonds is 5. The smallest absolute Gasteiger partial charge is 0.253 e. The molecule has 1 aromatic heterocycles. The van der Waals surface area contributed by atoms with E-state index in [9.17, 15) is 4.79 Å². The molecule has 0 spiro atoms. The Morgan fingerprint density at radius 1 is 1.44 bits per heavy atom. The molecule has 0 aliphatic rings. The average molecular weight is 370 g/mol. The van der Waals surface area contributed by atoms with Crippen molar-refractivity contribution in [3.8, 4) is 0 Å². The molecule has 90 valence electrons. The van der Waals surface area contributed by atoms with Crippen LogP contribution in [0.3, 0.4) is 0 Å². The van der Waals surface area contributed by atoms with Crippen molar-refractivity contribution < 1.29 is 4.79 Å². The number of carbonyl (C=O) groups is 1. The van der Waals surface area contributed by atoms with Crippen molar-refractivity contribution in [3.63, 3.8) is 0 Å². The predicted octanol–water partition coefficient (Wildman–Crippen LogP) is 3.00. The highest BCUT2D eigenvalue weighted by atomic mass is 79.9. The van der Waals surface area contributed by atoms with E-state index in [4.69, 9.17) is 0 Å². The summed E-state index contributed by atoms with van der Waals surface area (Å²) in [6, 6.07) is 2.26. The fourth-order valence-corrected chi connectivity index (χ4v) is 3.92. The first-order chi connectivity index (χ1) is 7.50. The Balaban J connectivity index is 2.38. The van der Waals surface area contributed by atoms with Crippen LogP contribution in [0.15, 0.2) is 13.6 Å². The summed E-state index contributed by atoms with van der Waals surface area (Å²) >= 11 is 8.21. The van der Waals surface area contributed by atoms with Gasteiger partial charge in [-0.1, -0.05) is 13.8 Å². The molecule has 0 unspecified atom stereocenters. The second-order valence-corrected chi connectivity index (χ2v) is 7.35. The van der Waals surface area contributed by atoms with Gasteiger partial charge in [-0.25, -0.2) is 0 Å². The van der Waals surface area contributed by atoms with Gasteiger partial charge in [0.25, 0.3) is 5.91 Å². The number of thiophene rings is 1. The summed E-state index contributed by atoms with van der Waals surface area (Å²) in [4.78, 5) is 11.7. The summed E-state index contributed by atoms with van der Waals surface area (Å²) in [5.41, 5.74) is 0.682. The van der Waals surface area contributed by atoms with Crippen LogP contribution in [-0.2, 0) is 0 Å². The Bertz CT molecular complexity index is 366. The number of amides is 1. The van der Waals surface area contributed by atoms with Crippen molar-refractivity contribution in [3.05, 3.63) is 19.2 Å². The van der Waals surface area contributed by atoms with Gasteiger partial charge in [0.2, 0.25) is 0 Å². The van der Waals surface area contributed by atoms with E-state index in [0.29, 0.717) is 18.2 Å². The third kappa shape index (κ3) is 4.53. The maximum atomic E-state index is 11.7. The van der Waals surface area contributed by atoms with Crippen molar-refractivity contribution in [2.75, 3.05) is 13.1 Å². The van der Waals surface area contributed by atoms with Crippen LogP contribution in [0.5, 0.6) is 0 Å². The normalized spacial score (nSPS) is 10.8. The Hall–Kier alpha value is 0.0900. The maximum absolute atomic E-state index is 11.7. The molecule has 1 heterocycles. The van der Waals surface area contributed by atoms with Crippen molar-refractivity contribution in [1.29, 1.82) is 0 Å². The van der Waals surface area contributed by atoms with Gasteiger partial charge < -0.3 is 10.6 Å². The summed E-state index contributed by atoms with van der Waals surface area (Å²) < 4.78 is 1.80. The van der Waals surface area contributed by atoms with E-state index in [1.807, 2.05) is 6.07 Å². The molecule has 1 rings (SSSR count). The summed E-state index contributed by atoms with van der Waals surface area (Å²) in [6.45, 7) is 5.58. The quantitative estimate of drug-likeness (QED) is 0.783. The largest absolute Gasteiger partial charge is 0.351 e. The lowest BCUT2D eigenvalue weighted by Crippen LogP contribution is -2.34. The number of nitrogens with one attached hydrogen (secondary N) is 2. The number of halogens is 2. The van der Waals surface area contributed by atoms with E-state index in [1.165, 1.54) is 11.3 Å². The molecule has 16 heavy (non-hydrogen) atoms. The molecule has 0 fully saturated rings. The van der Waals surface area contributed by atoms with Gasteiger partial charge in [-0.2, -0.15) is 0 Å². The molecule has 0 radical (unpaired) electrons. The lowest BCUT2D eigenvalue weighted by atomic mass is 10.3. The van der Waals surface area contributed by atoms with Gasteiger partial charge in [0.1, 0.15) is 0 Å². The Labute approximate surface area is 116 Å². The Morgan fingerprint density at radius 3 is 2.62 bits per heavy atom. The van der Waals surface area contributed by atoms with E-state index in [-0.39, 0.29) is 5.91 Å². The molecule has 0 atom stereocenters. The lowest BCUT2D eigenvalue weighted by Gasteiger charge is -2.08. The Morgan fingerprint density at radius 2 is 2.12 bits per heavy atom. The van der Waals surface area contributed by atoms with Gasteiger partial charge in [-0.15, -0.1) is 11.3 Å². The molecule has 0 bridgehead atoms. The number of hydrogen-bond donors (Lipinski definition) is 2. The number of hydrogen-bond acceptors (Lipinski definition) is 3. The molecule has 0 aliphatic heterocycles. The molecule has 3 nitrogen and oxygen atoms in total. The first-order valence-electron chi connectivity index (χ1n) is 4.97. The molecule has 1 aromatic rings. The zero-order valence-electron chi connectivity index (χ0n) is 9.14. The molecule has 0 saturated heterocycles. The molecule has 0 aromatic carbocycles. The van der Waals surface area contributed by atoms with E-state index in [2.05, 4.69) is 56.3 Å². The van der Waals surface area contributed by atoms with E-state index >= 15 is 0 Å². The monoisotopic (exact) mass is 368 g/mol. The molecule has 1 amide bonds. The highest BCUT2D eigenvalue weighted by Gasteiger charge is 2.12. The summed E-state index contributed by atoms with van der Waals surface area (Å²) in [5, 5.41) is 6.10. The van der Waals surface area contributed by atoms with Crippen molar-refractivity contribution >= 4 is 49.1 Å². The summed E-state index contributed by atoms with van der Waals surface area (Å²) in [7, 11) is 0. The summed E-state index contributed by atoms with van der Waals surface area (Å²) in [6.07, 6.45) is 0. The van der Waals surface area contributed by atoms with Gasteiger partial charge in [-0.05, 0) is 37.9 Å². The van der Waals surface area contributed by atoms with Gasteiger partial charge in [0.15, 0.2) is 0 Å². The zero-order valence-corrected chi connectivity index (χ0v) is 13.1. The van der Waals surface area contributed by atoms with E-state index < -0.39 is 0 Å². The van der Waals surface area contributed by atoms with Crippen LogP contribution in [-0.4, -0.2) is 25.0 Å².